The predicted octanol–water partition coefficient (Wildman–Crippen LogP) is -1.96. The van der Waals surface area contributed by atoms with Crippen LogP contribution in [0.4, 0.5) is 0 Å². The van der Waals surface area contributed by atoms with Crippen molar-refractivity contribution < 1.29 is 68.4 Å². The molecule has 0 aromatic carbocycles. The number of carboxylic acids is 4. The zero-order valence-electron chi connectivity index (χ0n) is 36.4. The summed E-state index contributed by atoms with van der Waals surface area (Å²) in [6.07, 6.45) is 5.79. The number of carbonyl (C=O) groups excluding carboxylic acids is 6. The number of unbranched alkanes of at least 4 members (excludes halogenated alkanes) is 1. The number of hydrogen-bond donors (Lipinski definition) is 7. The van der Waals surface area contributed by atoms with Crippen LogP contribution in [0.25, 0.3) is 0 Å². The minimum atomic E-state index is -1.28. The van der Waals surface area contributed by atoms with Crippen LogP contribution in [0.2, 0.25) is 0 Å². The smallest absolute Gasteiger partial charge is 0.326 e. The van der Waals surface area contributed by atoms with E-state index in [0.29, 0.717) is 24.3 Å². The quantitative estimate of drug-likeness (QED) is 0.0392. The molecule has 0 bridgehead atoms. The second kappa shape index (κ2) is 28.2. The lowest BCUT2D eigenvalue weighted by atomic mass is 10.0. The molecule has 23 nitrogen and oxygen atoms in total. The third kappa shape index (κ3) is 20.7. The van der Waals surface area contributed by atoms with Crippen molar-refractivity contribution >= 4 is 71.0 Å². The zero-order valence-corrected chi connectivity index (χ0v) is 37.2. The monoisotopic (exact) mass is 933 g/mol. The number of nitrogens with zero attached hydrogens (tertiary/aromatic N) is 6. The van der Waals surface area contributed by atoms with Gasteiger partial charge in [-0.1, -0.05) is 0 Å². The maximum absolute atomic E-state index is 13.4. The molecule has 0 aliphatic carbocycles. The Morgan fingerprint density at radius 2 is 1.20 bits per heavy atom. The van der Waals surface area contributed by atoms with Crippen molar-refractivity contribution in [3.05, 3.63) is 41.7 Å². The first-order chi connectivity index (χ1) is 30.9. The van der Waals surface area contributed by atoms with E-state index in [2.05, 4.69) is 20.9 Å². The summed E-state index contributed by atoms with van der Waals surface area (Å²) in [7, 11) is 0. The zero-order chi connectivity index (χ0) is 47.9. The number of Topliss-reactive ketones (excluding diaryl/α,β-unsaturated/α-hetero) is 1. The Hall–Kier alpha value is -5.82. The number of ketones is 1. The fourth-order valence-electron chi connectivity index (χ4n) is 6.94. The van der Waals surface area contributed by atoms with Gasteiger partial charge in [0.2, 0.25) is 11.8 Å². The Labute approximate surface area is 379 Å². The molecular formula is C41H59N9O14S. The second-order valence-corrected chi connectivity index (χ2v) is 16.5. The van der Waals surface area contributed by atoms with E-state index in [1.807, 2.05) is 6.26 Å². The first-order valence-electron chi connectivity index (χ1n) is 21.1. The number of pyridine rings is 1. The molecule has 0 saturated carbocycles. The number of aromatic nitrogens is 1. The van der Waals surface area contributed by atoms with Gasteiger partial charge in [-0.05, 0) is 49.8 Å². The van der Waals surface area contributed by atoms with E-state index >= 15 is 0 Å². The van der Waals surface area contributed by atoms with Gasteiger partial charge in [-0.3, -0.25) is 72.6 Å². The number of carboxylic acid groups (broad SMARTS) is 4. The standard InChI is InChI=1S/C41H59N9O14S/c1-65-21-10-30(32(51)5-6-33(52)44-31(41(63)64)4-2-3-12-50-35(54)7-8-36(50)55)45-40(62)28-9-11-42-29(22-28)23-43-34(53)24-46-13-15-47(25-37(56)57)17-19-49(27-39(60)61)20-18-48(16-14-46)26-38(58)59/h7-9,11,22,30-31H,2-6,10,12-21,23-27H2,1H3,(H,43,53)(H,44,52)(H,45,62)(H,56,57)(H,58,59)(H,60,61)(H,63,64)/t30-,31-/m0/s1. The Bertz CT molecular complexity index is 1850. The molecule has 0 radical (unpaired) electrons. The molecule has 3 heterocycles. The van der Waals surface area contributed by atoms with Crippen LogP contribution in [0, 0.1) is 0 Å². The van der Waals surface area contributed by atoms with Crippen LogP contribution in [-0.2, 0) is 49.7 Å². The Morgan fingerprint density at radius 3 is 1.69 bits per heavy atom. The van der Waals surface area contributed by atoms with Crippen molar-refractivity contribution in [1.82, 2.24) is 45.4 Å². The summed E-state index contributed by atoms with van der Waals surface area (Å²) >= 11 is 1.44. The van der Waals surface area contributed by atoms with Crippen LogP contribution in [0.3, 0.4) is 0 Å². The molecule has 2 atom stereocenters. The van der Waals surface area contributed by atoms with Gasteiger partial charge in [-0.2, -0.15) is 11.8 Å². The number of nitrogens with one attached hydrogen (secondary N) is 3. The molecule has 3 rings (SSSR count). The van der Waals surface area contributed by atoms with E-state index in [4.69, 9.17) is 0 Å². The molecule has 1 saturated heterocycles. The van der Waals surface area contributed by atoms with E-state index in [-0.39, 0.29) is 123 Å². The van der Waals surface area contributed by atoms with Gasteiger partial charge in [0.15, 0.2) is 5.78 Å². The topological polar surface area (TPSA) is 317 Å². The highest BCUT2D eigenvalue weighted by Crippen LogP contribution is 2.12. The molecule has 1 aromatic rings. The maximum atomic E-state index is 13.4. The highest BCUT2D eigenvalue weighted by Gasteiger charge is 2.27. The Kier molecular flexibility index (Phi) is 23.2. The van der Waals surface area contributed by atoms with Gasteiger partial charge in [0.25, 0.3) is 17.7 Å². The largest absolute Gasteiger partial charge is 0.480 e. The minimum absolute atomic E-state index is 0.0320. The van der Waals surface area contributed by atoms with Gasteiger partial charge in [0.1, 0.15) is 6.04 Å². The number of hydrogen-bond acceptors (Lipinski definition) is 16. The molecule has 1 aromatic heterocycles. The lowest BCUT2D eigenvalue weighted by Gasteiger charge is -2.32. The molecule has 7 N–H and O–H groups in total. The Morgan fingerprint density at radius 1 is 0.677 bits per heavy atom. The van der Waals surface area contributed by atoms with Crippen molar-refractivity contribution in [3.8, 4) is 0 Å². The molecular weight excluding hydrogens is 875 g/mol. The maximum Gasteiger partial charge on any atom is 0.326 e. The molecule has 0 unspecified atom stereocenters. The summed E-state index contributed by atoms with van der Waals surface area (Å²) in [5, 5.41) is 45.9. The molecule has 5 amide bonds. The number of thioether (sulfide) groups is 1. The first-order valence-corrected chi connectivity index (χ1v) is 22.5. The molecule has 2 aliphatic rings. The summed E-state index contributed by atoms with van der Waals surface area (Å²) in [5.41, 5.74) is 0.461. The van der Waals surface area contributed by atoms with Gasteiger partial charge >= 0.3 is 23.9 Å². The summed E-state index contributed by atoms with van der Waals surface area (Å²) < 4.78 is 0. The van der Waals surface area contributed by atoms with E-state index in [1.54, 1.807) is 19.6 Å². The highest BCUT2D eigenvalue weighted by atomic mass is 32.2. The van der Waals surface area contributed by atoms with E-state index in [1.165, 1.54) is 30.1 Å². The predicted molar refractivity (Wildman–Crippen MR) is 233 cm³/mol. The van der Waals surface area contributed by atoms with E-state index < -0.39 is 71.3 Å². The van der Waals surface area contributed by atoms with Crippen LogP contribution in [0.15, 0.2) is 30.5 Å². The van der Waals surface area contributed by atoms with Crippen LogP contribution >= 0.6 is 11.8 Å². The van der Waals surface area contributed by atoms with Crippen LogP contribution in [-0.4, -0.2) is 218 Å². The number of imide groups is 1. The summed E-state index contributed by atoms with van der Waals surface area (Å²) in [5.74, 6) is -7.04. The van der Waals surface area contributed by atoms with Gasteiger partial charge in [-0.15, -0.1) is 0 Å². The van der Waals surface area contributed by atoms with Gasteiger partial charge in [0, 0.05) is 95.7 Å². The molecule has 65 heavy (non-hydrogen) atoms. The van der Waals surface area contributed by atoms with Crippen LogP contribution in [0.1, 0.15) is 54.6 Å². The number of carbonyl (C=O) groups is 10. The van der Waals surface area contributed by atoms with E-state index in [0.717, 1.165) is 17.1 Å². The summed E-state index contributed by atoms with van der Waals surface area (Å²) in [4.78, 5) is 135. The molecule has 1 fully saturated rings. The van der Waals surface area contributed by atoms with Gasteiger partial charge < -0.3 is 36.4 Å². The average Bonchev–Trinajstić information content (AvgIpc) is 3.57. The number of amides is 5. The fourth-order valence-corrected chi connectivity index (χ4v) is 7.42. The number of aliphatic carboxylic acids is 4. The van der Waals surface area contributed by atoms with Gasteiger partial charge in [0.05, 0.1) is 44.5 Å². The van der Waals surface area contributed by atoms with Crippen LogP contribution < -0.4 is 16.0 Å². The first kappa shape index (κ1) is 53.5. The average molecular weight is 934 g/mol. The third-order valence-corrected chi connectivity index (χ3v) is 11.1. The fraction of sp³-hybridized carbons (Fsp3) is 0.585. The van der Waals surface area contributed by atoms with Gasteiger partial charge in [-0.25, -0.2) is 4.79 Å². The number of rotatable bonds is 26. The van der Waals surface area contributed by atoms with Crippen molar-refractivity contribution in [2.24, 2.45) is 0 Å². The SMILES string of the molecule is CSCC[C@H](NC(=O)c1ccnc(CNC(=O)CN2CCN(CC(=O)O)CCN(CC(=O)O)CCN(CC(=O)O)CC2)c1)C(=O)CCC(=O)N[C@@H](CCCCN1C(=O)C=CC1=O)C(=O)O. The molecule has 2 aliphatic heterocycles. The summed E-state index contributed by atoms with van der Waals surface area (Å²) in [6.45, 7) is 0.832. The van der Waals surface area contributed by atoms with Crippen molar-refractivity contribution in [2.45, 2.75) is 57.2 Å². The third-order valence-electron chi connectivity index (χ3n) is 10.5. The summed E-state index contributed by atoms with van der Waals surface area (Å²) in [6, 6.07) is 0.647. The lowest BCUT2D eigenvalue weighted by molar-refractivity contribution is -0.142. The lowest BCUT2D eigenvalue weighted by Crippen LogP contribution is -2.49. The van der Waals surface area contributed by atoms with Crippen molar-refractivity contribution in [3.63, 3.8) is 0 Å². The highest BCUT2D eigenvalue weighted by molar-refractivity contribution is 7.98. The second-order valence-electron chi connectivity index (χ2n) is 15.5. The normalized spacial score (nSPS) is 16.8. The van der Waals surface area contributed by atoms with E-state index in [9.17, 15) is 68.4 Å². The van der Waals surface area contributed by atoms with Crippen molar-refractivity contribution in [1.29, 1.82) is 0 Å². The molecule has 358 valence electrons. The Balaban J connectivity index is 1.56. The minimum Gasteiger partial charge on any atom is -0.480 e. The van der Waals surface area contributed by atoms with Crippen molar-refractivity contribution in [2.75, 3.05) is 97.1 Å². The van der Waals surface area contributed by atoms with Crippen LogP contribution in [0.5, 0.6) is 0 Å². The molecule has 24 heteroatoms. The molecule has 0 spiro atoms.